The third-order valence-electron chi connectivity index (χ3n) is 6.69. The molecule has 3 heterocycles. The lowest BCUT2D eigenvalue weighted by Gasteiger charge is -2.50. The highest BCUT2D eigenvalue weighted by molar-refractivity contribution is 7.13. The molecule has 1 unspecified atom stereocenters. The van der Waals surface area contributed by atoms with Crippen molar-refractivity contribution in [3.63, 3.8) is 0 Å². The van der Waals surface area contributed by atoms with E-state index in [2.05, 4.69) is 15.2 Å². The number of carbonyl (C=O) groups is 2. The summed E-state index contributed by atoms with van der Waals surface area (Å²) in [5.41, 5.74) is 0.184. The molecule has 2 aliphatic rings. The number of amides is 2. The topological polar surface area (TPSA) is 84.0 Å². The quantitative estimate of drug-likeness (QED) is 0.558. The zero-order valence-electron chi connectivity index (χ0n) is 22.3. The van der Waals surface area contributed by atoms with Crippen molar-refractivity contribution < 1.29 is 23.5 Å². The van der Waals surface area contributed by atoms with E-state index in [1.165, 1.54) is 17.4 Å². The Hall–Kier alpha value is -2.56. The van der Waals surface area contributed by atoms with Gasteiger partial charge in [0.25, 0.3) is 5.91 Å². The zero-order chi connectivity index (χ0) is 26.8. The molecule has 0 saturated carbocycles. The molecule has 4 rings (SSSR count). The minimum atomic E-state index is -0.592. The first-order chi connectivity index (χ1) is 17.4. The van der Waals surface area contributed by atoms with Crippen LogP contribution in [-0.2, 0) is 20.7 Å². The van der Waals surface area contributed by atoms with E-state index in [-0.39, 0.29) is 11.8 Å². The van der Waals surface area contributed by atoms with E-state index in [1.54, 1.807) is 23.1 Å². The van der Waals surface area contributed by atoms with Crippen LogP contribution in [-0.4, -0.2) is 65.4 Å². The zero-order valence-corrected chi connectivity index (χ0v) is 23.1. The van der Waals surface area contributed by atoms with Crippen molar-refractivity contribution in [2.24, 2.45) is 5.92 Å². The van der Waals surface area contributed by atoms with Crippen LogP contribution in [0.5, 0.6) is 0 Å². The van der Waals surface area contributed by atoms with Gasteiger partial charge in [-0.1, -0.05) is 26.0 Å². The smallest absolute Gasteiger partial charge is 0.413 e. The first-order valence-electron chi connectivity index (χ1n) is 12.9. The molecule has 1 atom stereocenters. The van der Waals surface area contributed by atoms with Crippen LogP contribution in [0.15, 0.2) is 29.6 Å². The van der Waals surface area contributed by atoms with Crippen molar-refractivity contribution in [1.82, 2.24) is 9.88 Å². The van der Waals surface area contributed by atoms with Crippen molar-refractivity contribution >= 4 is 34.2 Å². The first-order valence-corrected chi connectivity index (χ1v) is 13.7. The van der Waals surface area contributed by atoms with Gasteiger partial charge in [-0.15, -0.1) is 11.3 Å². The third-order valence-corrected chi connectivity index (χ3v) is 7.50. The van der Waals surface area contributed by atoms with Gasteiger partial charge in [-0.3, -0.25) is 10.1 Å². The Bertz CT molecular complexity index is 1110. The predicted octanol–water partition coefficient (Wildman–Crippen LogP) is 5.09. The number of para-hydroxylation sites is 1. The van der Waals surface area contributed by atoms with Crippen LogP contribution in [0.25, 0.3) is 0 Å². The van der Waals surface area contributed by atoms with E-state index in [9.17, 15) is 14.0 Å². The largest absolute Gasteiger partial charge is 0.444 e. The van der Waals surface area contributed by atoms with Gasteiger partial charge in [0.1, 0.15) is 17.5 Å². The van der Waals surface area contributed by atoms with Crippen LogP contribution < -0.4 is 10.2 Å². The number of piperidine rings is 1. The summed E-state index contributed by atoms with van der Waals surface area (Å²) in [4.78, 5) is 33.6. The SMILES string of the molecule is CC(C)C1OC2(CCN(CCc3csc(NC(=O)OC(C)(C)C)n3)CC2)CN(c2ccccc2F)C1=O. The number of nitrogens with zero attached hydrogens (tertiary/aromatic N) is 3. The number of hydrogen-bond donors (Lipinski definition) is 1. The number of hydrogen-bond acceptors (Lipinski definition) is 7. The molecule has 10 heteroatoms. The summed E-state index contributed by atoms with van der Waals surface area (Å²) >= 11 is 1.38. The van der Waals surface area contributed by atoms with E-state index >= 15 is 0 Å². The van der Waals surface area contributed by atoms with Gasteiger partial charge in [0.2, 0.25) is 0 Å². The van der Waals surface area contributed by atoms with Crippen LogP contribution >= 0.6 is 11.3 Å². The Morgan fingerprint density at radius 1 is 1.30 bits per heavy atom. The second-order valence-electron chi connectivity index (χ2n) is 11.2. The van der Waals surface area contributed by atoms with Gasteiger partial charge in [0.15, 0.2) is 5.13 Å². The van der Waals surface area contributed by atoms with E-state index in [4.69, 9.17) is 9.47 Å². The molecule has 0 bridgehead atoms. The number of carbonyl (C=O) groups excluding carboxylic acids is 2. The number of thiazole rings is 1. The van der Waals surface area contributed by atoms with Crippen molar-refractivity contribution in [2.45, 2.75) is 71.2 Å². The normalized spacial score (nSPS) is 20.5. The summed E-state index contributed by atoms with van der Waals surface area (Å²) in [6.07, 6.45) is 1.18. The fourth-order valence-electron chi connectivity index (χ4n) is 4.78. The van der Waals surface area contributed by atoms with Gasteiger partial charge in [0, 0.05) is 31.4 Å². The lowest BCUT2D eigenvalue weighted by Crippen LogP contribution is -2.63. The maximum atomic E-state index is 14.6. The Labute approximate surface area is 222 Å². The highest BCUT2D eigenvalue weighted by Crippen LogP contribution is 2.37. The van der Waals surface area contributed by atoms with Crippen LogP contribution in [0, 0.1) is 11.7 Å². The first kappa shape index (κ1) is 27.5. The van der Waals surface area contributed by atoms with Gasteiger partial charge in [0.05, 0.1) is 23.5 Å². The van der Waals surface area contributed by atoms with Crippen molar-refractivity contribution in [2.75, 3.05) is 36.4 Å². The molecule has 2 fully saturated rings. The standard InChI is InChI=1S/C27H37FN4O4S/c1-18(2)22-23(33)32(21-9-7-6-8-20(21)28)17-27(35-22)11-14-31(15-12-27)13-10-19-16-37-24(29-19)30-25(34)36-26(3,4)5/h6-9,16,18,22H,10-15,17H2,1-5H3,(H,29,30,34). The molecule has 1 aromatic carbocycles. The number of benzene rings is 1. The van der Waals surface area contributed by atoms with Gasteiger partial charge in [-0.2, -0.15) is 0 Å². The summed E-state index contributed by atoms with van der Waals surface area (Å²) in [5.74, 6) is -0.575. The van der Waals surface area contributed by atoms with E-state index in [0.29, 0.717) is 17.4 Å². The number of morpholine rings is 1. The molecule has 2 aromatic rings. The molecule has 1 spiro atoms. The Kier molecular flexibility index (Phi) is 8.20. The van der Waals surface area contributed by atoms with Crippen LogP contribution in [0.3, 0.4) is 0 Å². The monoisotopic (exact) mass is 532 g/mol. The van der Waals surface area contributed by atoms with Crippen molar-refractivity contribution in [3.05, 3.63) is 41.2 Å². The van der Waals surface area contributed by atoms with Gasteiger partial charge in [-0.25, -0.2) is 14.2 Å². The minimum Gasteiger partial charge on any atom is -0.444 e. The molecule has 37 heavy (non-hydrogen) atoms. The third kappa shape index (κ3) is 6.86. The average molecular weight is 533 g/mol. The molecule has 1 N–H and O–H groups in total. The molecule has 8 nitrogen and oxygen atoms in total. The van der Waals surface area contributed by atoms with Crippen molar-refractivity contribution in [3.8, 4) is 0 Å². The average Bonchev–Trinajstić information content (AvgIpc) is 3.26. The summed E-state index contributed by atoms with van der Waals surface area (Å²) < 4.78 is 26.4. The summed E-state index contributed by atoms with van der Waals surface area (Å²) in [5, 5.41) is 5.17. The molecule has 1 aromatic heterocycles. The van der Waals surface area contributed by atoms with Gasteiger partial charge < -0.3 is 19.3 Å². The summed E-state index contributed by atoms with van der Waals surface area (Å²) in [7, 11) is 0. The Balaban J connectivity index is 1.34. The van der Waals surface area contributed by atoms with Crippen LogP contribution in [0.2, 0.25) is 0 Å². The Morgan fingerprint density at radius 2 is 2.00 bits per heavy atom. The molecular weight excluding hydrogens is 495 g/mol. The summed E-state index contributed by atoms with van der Waals surface area (Å²) in [6, 6.07) is 6.45. The lowest BCUT2D eigenvalue weighted by atomic mass is 9.86. The maximum absolute atomic E-state index is 14.6. The van der Waals surface area contributed by atoms with Gasteiger partial charge in [-0.05, 0) is 51.7 Å². The second-order valence-corrected chi connectivity index (χ2v) is 12.1. The number of rotatable bonds is 6. The number of likely N-dealkylation sites (tertiary alicyclic amines) is 1. The fraction of sp³-hybridized carbons (Fsp3) is 0.593. The maximum Gasteiger partial charge on any atom is 0.413 e. The second kappa shape index (κ2) is 11.0. The molecule has 2 amide bonds. The highest BCUT2D eigenvalue weighted by atomic mass is 32.1. The lowest BCUT2D eigenvalue weighted by molar-refractivity contribution is -0.171. The Morgan fingerprint density at radius 3 is 2.65 bits per heavy atom. The number of anilines is 2. The van der Waals surface area contributed by atoms with E-state index < -0.39 is 29.2 Å². The minimum absolute atomic E-state index is 0.00914. The fourth-order valence-corrected chi connectivity index (χ4v) is 5.51. The van der Waals surface area contributed by atoms with Crippen LogP contribution in [0.1, 0.15) is 53.2 Å². The van der Waals surface area contributed by atoms with Crippen LogP contribution in [0.4, 0.5) is 20.0 Å². The molecule has 0 aliphatic carbocycles. The highest BCUT2D eigenvalue weighted by Gasteiger charge is 2.48. The number of nitrogens with one attached hydrogen (secondary N) is 1. The molecule has 2 aliphatic heterocycles. The predicted molar refractivity (Wildman–Crippen MR) is 143 cm³/mol. The van der Waals surface area contributed by atoms with Gasteiger partial charge >= 0.3 is 6.09 Å². The molecule has 202 valence electrons. The summed E-state index contributed by atoms with van der Waals surface area (Å²) in [6.45, 7) is 12.2. The number of halogens is 1. The molecular formula is C27H37FN4O4S. The molecule has 0 radical (unpaired) electrons. The van der Waals surface area contributed by atoms with E-state index in [1.807, 2.05) is 40.0 Å². The molecule has 2 saturated heterocycles. The number of aromatic nitrogens is 1. The van der Waals surface area contributed by atoms with E-state index in [0.717, 1.165) is 44.6 Å². The van der Waals surface area contributed by atoms with Crippen molar-refractivity contribution in [1.29, 1.82) is 0 Å². The number of ether oxygens (including phenoxy) is 2.